The molecule has 0 radical (unpaired) electrons. The van der Waals surface area contributed by atoms with Crippen LogP contribution in [0.15, 0.2) is 24.4 Å². The van der Waals surface area contributed by atoms with Crippen LogP contribution in [0.25, 0.3) is 11.4 Å². The molecule has 0 spiro atoms. The van der Waals surface area contributed by atoms with Gasteiger partial charge in [0.1, 0.15) is 30.6 Å². The van der Waals surface area contributed by atoms with Crippen LogP contribution in [0.5, 0.6) is 5.75 Å². The predicted octanol–water partition coefficient (Wildman–Crippen LogP) is 3.15. The number of nitrogens with one attached hydrogen (secondary N) is 1. The number of anilines is 2. The number of carbonyl (C=O) groups excluding carboxylic acids is 1. The zero-order chi connectivity index (χ0) is 19.5. The molecule has 0 bridgehead atoms. The van der Waals surface area contributed by atoms with E-state index >= 15 is 0 Å². The summed E-state index contributed by atoms with van der Waals surface area (Å²) >= 11 is 0. The summed E-state index contributed by atoms with van der Waals surface area (Å²) in [7, 11) is 1.96. The van der Waals surface area contributed by atoms with Gasteiger partial charge in [-0.2, -0.15) is 0 Å². The van der Waals surface area contributed by atoms with Gasteiger partial charge in [-0.05, 0) is 37.8 Å². The Morgan fingerprint density at radius 2 is 2.32 bits per heavy atom. The molecule has 150 valence electrons. The lowest BCUT2D eigenvalue weighted by Gasteiger charge is -2.26. The maximum absolute atomic E-state index is 10.5. The molecule has 0 saturated heterocycles. The van der Waals surface area contributed by atoms with Crippen molar-refractivity contribution in [3.8, 4) is 17.1 Å². The minimum atomic E-state index is 0.0399. The average Bonchev–Trinajstić information content (AvgIpc) is 3.01. The van der Waals surface area contributed by atoms with Gasteiger partial charge in [-0.1, -0.05) is 6.42 Å². The lowest BCUT2D eigenvalue weighted by Crippen LogP contribution is -2.33. The second kappa shape index (κ2) is 8.12. The van der Waals surface area contributed by atoms with E-state index in [-0.39, 0.29) is 6.04 Å². The van der Waals surface area contributed by atoms with E-state index in [1.54, 1.807) is 0 Å². The number of nitrogens with zero attached hydrogens (tertiary/aromatic N) is 3. The first-order chi connectivity index (χ1) is 13.7. The maximum atomic E-state index is 10.5. The number of likely N-dealkylation sites (N-methyl/N-ethyl adjacent to an activating group) is 1. The van der Waals surface area contributed by atoms with Crippen molar-refractivity contribution in [2.75, 3.05) is 37.0 Å². The molecule has 2 aromatic rings. The molecular weight excluding hydrogens is 356 g/mol. The highest BCUT2D eigenvalue weighted by molar-refractivity contribution is 5.71. The van der Waals surface area contributed by atoms with E-state index in [1.165, 1.54) is 19.3 Å². The monoisotopic (exact) mass is 384 g/mol. The predicted molar refractivity (Wildman–Crippen MR) is 109 cm³/mol. The van der Waals surface area contributed by atoms with Gasteiger partial charge in [0, 0.05) is 31.5 Å². The molecule has 1 aromatic heterocycles. The molecule has 1 aromatic carbocycles. The summed E-state index contributed by atoms with van der Waals surface area (Å²) in [5, 5.41) is 3.54. The Kier molecular flexibility index (Phi) is 5.41. The molecule has 1 N–H and O–H groups in total. The van der Waals surface area contributed by atoms with E-state index in [2.05, 4.69) is 28.1 Å². The van der Waals surface area contributed by atoms with Gasteiger partial charge in [0.2, 0.25) is 0 Å². The summed E-state index contributed by atoms with van der Waals surface area (Å²) in [6.07, 6.45) is 6.06. The highest BCUT2D eigenvalue weighted by Crippen LogP contribution is 2.36. The van der Waals surface area contributed by atoms with Crippen molar-refractivity contribution in [3.63, 3.8) is 0 Å². The molecule has 2 aliphatic rings. The van der Waals surface area contributed by atoms with Gasteiger partial charge in [-0.25, -0.2) is 4.98 Å². The fourth-order valence-corrected chi connectivity index (χ4v) is 3.62. The Hall–Kier alpha value is -2.70. The van der Waals surface area contributed by atoms with Crippen molar-refractivity contribution in [2.45, 2.75) is 38.8 Å². The zero-order valence-electron chi connectivity index (χ0n) is 16.6. The number of rotatable bonds is 8. The molecule has 1 saturated carbocycles. The van der Waals surface area contributed by atoms with Crippen molar-refractivity contribution >= 4 is 18.0 Å². The fraction of sp³-hybridized carbons (Fsp3) is 0.524. The number of hydrogen-bond acceptors (Lipinski definition) is 6. The molecule has 1 unspecified atom stereocenters. The Morgan fingerprint density at radius 3 is 3.07 bits per heavy atom. The van der Waals surface area contributed by atoms with E-state index < -0.39 is 0 Å². The molecule has 1 fully saturated rings. The number of ether oxygens (including phenoxy) is 2. The molecule has 1 aliphatic carbocycles. The van der Waals surface area contributed by atoms with Crippen molar-refractivity contribution < 1.29 is 14.3 Å². The summed E-state index contributed by atoms with van der Waals surface area (Å²) in [5.74, 6) is 3.44. The van der Waals surface area contributed by atoms with Crippen LogP contribution in [-0.4, -0.2) is 48.9 Å². The molecule has 4 rings (SSSR count). The zero-order valence-corrected chi connectivity index (χ0v) is 16.6. The summed E-state index contributed by atoms with van der Waals surface area (Å²) in [6, 6.07) is 6.32. The summed E-state index contributed by atoms with van der Waals surface area (Å²) < 4.78 is 13.0. The summed E-state index contributed by atoms with van der Waals surface area (Å²) in [4.78, 5) is 17.3. The Balaban J connectivity index is 1.54. The van der Waals surface area contributed by atoms with Crippen molar-refractivity contribution in [3.05, 3.63) is 24.4 Å². The molecule has 7 heteroatoms. The van der Waals surface area contributed by atoms with E-state index in [0.29, 0.717) is 19.7 Å². The van der Waals surface area contributed by atoms with Crippen LogP contribution in [0.3, 0.4) is 0 Å². The number of fused-ring (bicyclic) bond motifs is 3. The number of aromatic nitrogens is 2. The van der Waals surface area contributed by atoms with Gasteiger partial charge in [-0.15, -0.1) is 0 Å². The Labute approximate surface area is 165 Å². The molecule has 2 heterocycles. The SMILES string of the molecule is CC(COC=O)N(C)c1cn2c(n1)-c1ccc(NCC3CCC3)cc1OCC2. The number of imidazole rings is 1. The quantitative estimate of drug-likeness (QED) is 0.705. The van der Waals surface area contributed by atoms with Gasteiger partial charge in [0.05, 0.1) is 18.2 Å². The third kappa shape index (κ3) is 3.79. The first-order valence-corrected chi connectivity index (χ1v) is 10.0. The van der Waals surface area contributed by atoms with Crippen LogP contribution in [0.4, 0.5) is 11.5 Å². The molecule has 0 amide bonds. The van der Waals surface area contributed by atoms with Crippen molar-refractivity contribution in [1.82, 2.24) is 9.55 Å². The standard InChI is InChI=1S/C21H28N4O3/c1-15(13-27-14-26)24(2)20-12-25-8-9-28-19-10-17(22-11-16-4-3-5-16)6-7-18(19)21(25)23-20/h6-7,10,12,14-16,22H,3-5,8-9,11,13H2,1-2H3. The average molecular weight is 384 g/mol. The number of carbonyl (C=O) groups is 1. The van der Waals surface area contributed by atoms with E-state index in [9.17, 15) is 4.79 Å². The molecule has 28 heavy (non-hydrogen) atoms. The fourth-order valence-electron chi connectivity index (χ4n) is 3.62. The second-order valence-electron chi connectivity index (χ2n) is 7.74. The first-order valence-electron chi connectivity index (χ1n) is 10.0. The highest BCUT2D eigenvalue weighted by atomic mass is 16.5. The second-order valence-corrected chi connectivity index (χ2v) is 7.74. The van der Waals surface area contributed by atoms with Crippen LogP contribution >= 0.6 is 0 Å². The van der Waals surface area contributed by atoms with E-state index in [0.717, 1.165) is 47.7 Å². The van der Waals surface area contributed by atoms with Gasteiger partial charge in [-0.3, -0.25) is 4.79 Å². The Morgan fingerprint density at radius 1 is 1.46 bits per heavy atom. The third-order valence-corrected chi connectivity index (χ3v) is 5.82. The van der Waals surface area contributed by atoms with Crippen molar-refractivity contribution in [2.24, 2.45) is 5.92 Å². The van der Waals surface area contributed by atoms with Gasteiger partial charge < -0.3 is 24.3 Å². The summed E-state index contributed by atoms with van der Waals surface area (Å²) in [5.41, 5.74) is 2.10. The Bertz CT molecular complexity index is 831. The smallest absolute Gasteiger partial charge is 0.293 e. The normalized spacial score (nSPS) is 16.6. The van der Waals surface area contributed by atoms with Crippen LogP contribution in [0.2, 0.25) is 0 Å². The number of hydrogen-bond donors (Lipinski definition) is 1. The van der Waals surface area contributed by atoms with Crippen LogP contribution in [0.1, 0.15) is 26.2 Å². The molecule has 1 aliphatic heterocycles. The summed E-state index contributed by atoms with van der Waals surface area (Å²) in [6.45, 7) is 5.20. The largest absolute Gasteiger partial charge is 0.491 e. The van der Waals surface area contributed by atoms with Crippen molar-refractivity contribution in [1.29, 1.82) is 0 Å². The highest BCUT2D eigenvalue weighted by Gasteiger charge is 2.22. The van der Waals surface area contributed by atoms with Gasteiger partial charge >= 0.3 is 0 Å². The minimum Gasteiger partial charge on any atom is -0.491 e. The topological polar surface area (TPSA) is 68.6 Å². The van der Waals surface area contributed by atoms with Crippen LogP contribution in [-0.2, 0) is 16.1 Å². The van der Waals surface area contributed by atoms with Gasteiger partial charge in [0.15, 0.2) is 0 Å². The third-order valence-electron chi connectivity index (χ3n) is 5.82. The molecular formula is C21H28N4O3. The lowest BCUT2D eigenvalue weighted by molar-refractivity contribution is -0.129. The first kappa shape index (κ1) is 18.7. The maximum Gasteiger partial charge on any atom is 0.293 e. The lowest BCUT2D eigenvalue weighted by atomic mass is 9.85. The van der Waals surface area contributed by atoms with Crippen LogP contribution < -0.4 is 15.0 Å². The number of benzene rings is 1. The van der Waals surface area contributed by atoms with E-state index in [4.69, 9.17) is 14.5 Å². The van der Waals surface area contributed by atoms with Crippen LogP contribution in [0, 0.1) is 5.92 Å². The molecule has 7 nitrogen and oxygen atoms in total. The van der Waals surface area contributed by atoms with E-state index in [1.807, 2.05) is 25.1 Å². The minimum absolute atomic E-state index is 0.0399. The molecule has 1 atom stereocenters. The van der Waals surface area contributed by atoms with Gasteiger partial charge in [0.25, 0.3) is 6.47 Å².